The van der Waals surface area contributed by atoms with Gasteiger partial charge in [-0.2, -0.15) is 0 Å². The molecule has 3 heterocycles. The van der Waals surface area contributed by atoms with Gasteiger partial charge in [0.1, 0.15) is 5.75 Å². The van der Waals surface area contributed by atoms with E-state index in [0.29, 0.717) is 22.7 Å². The number of ether oxygens (including phenoxy) is 1. The molecule has 0 aliphatic carbocycles. The van der Waals surface area contributed by atoms with Crippen LogP contribution in [-0.2, 0) is 0 Å². The zero-order valence-electron chi connectivity index (χ0n) is 15.2. The summed E-state index contributed by atoms with van der Waals surface area (Å²) < 4.78 is 6.32. The number of imide groups is 1. The summed E-state index contributed by atoms with van der Waals surface area (Å²) >= 11 is 1.34. The average molecular weight is 390 g/mol. The van der Waals surface area contributed by atoms with E-state index in [9.17, 15) is 9.59 Å². The lowest BCUT2D eigenvalue weighted by molar-refractivity contribution is 0.00284. The number of carbonyl (C=O) groups is 2. The molecular formula is C22H18N2O3S. The van der Waals surface area contributed by atoms with Crippen molar-refractivity contribution in [2.45, 2.75) is 25.1 Å². The number of benzene rings is 2. The van der Waals surface area contributed by atoms with Gasteiger partial charge in [0.05, 0.1) is 10.9 Å². The molecule has 2 bridgehead atoms. The highest BCUT2D eigenvalue weighted by atomic mass is 32.1. The summed E-state index contributed by atoms with van der Waals surface area (Å²) in [7, 11) is 0. The molecule has 0 radical (unpaired) electrons. The first-order chi connectivity index (χ1) is 13.6. The molecule has 6 heteroatoms. The molecule has 0 N–H and O–H groups in total. The van der Waals surface area contributed by atoms with E-state index >= 15 is 0 Å². The molecular weight excluding hydrogens is 372 g/mol. The third kappa shape index (κ3) is 2.45. The minimum absolute atomic E-state index is 0.273. The normalized spacial score (nSPS) is 23.2. The Morgan fingerprint density at radius 2 is 1.82 bits per heavy atom. The van der Waals surface area contributed by atoms with Gasteiger partial charge in [0.15, 0.2) is 5.72 Å². The maximum Gasteiger partial charge on any atom is 0.335 e. The summed E-state index contributed by atoms with van der Waals surface area (Å²) in [5.74, 6) is 0.434. The average Bonchev–Trinajstić information content (AvgIpc) is 3.23. The molecule has 5 nitrogen and oxygen atoms in total. The van der Waals surface area contributed by atoms with Crippen LogP contribution in [-0.4, -0.2) is 22.6 Å². The predicted octanol–water partition coefficient (Wildman–Crippen LogP) is 5.07. The Morgan fingerprint density at radius 3 is 2.57 bits per heavy atom. The van der Waals surface area contributed by atoms with Gasteiger partial charge in [-0.3, -0.25) is 14.6 Å². The molecule has 3 amide bonds. The van der Waals surface area contributed by atoms with Crippen LogP contribution in [0.1, 0.15) is 34.6 Å². The number of anilines is 1. The highest BCUT2D eigenvalue weighted by molar-refractivity contribution is 7.12. The molecule has 2 atom stereocenters. The van der Waals surface area contributed by atoms with Gasteiger partial charge >= 0.3 is 6.03 Å². The quantitative estimate of drug-likeness (QED) is 0.614. The fraction of sp³-hybridized carbons (Fsp3) is 0.182. The second-order valence-electron chi connectivity index (χ2n) is 7.14. The first kappa shape index (κ1) is 17.0. The van der Waals surface area contributed by atoms with E-state index in [-0.39, 0.29) is 18.0 Å². The van der Waals surface area contributed by atoms with Crippen molar-refractivity contribution in [1.29, 1.82) is 0 Å². The lowest BCUT2D eigenvalue weighted by Crippen LogP contribution is -2.67. The van der Waals surface area contributed by atoms with E-state index in [0.717, 1.165) is 5.56 Å². The lowest BCUT2D eigenvalue weighted by Gasteiger charge is -2.53. The largest absolute Gasteiger partial charge is 0.467 e. The van der Waals surface area contributed by atoms with Crippen molar-refractivity contribution >= 4 is 29.0 Å². The molecule has 1 saturated heterocycles. The highest BCUT2D eigenvalue weighted by Gasteiger charge is 2.55. The van der Waals surface area contributed by atoms with Crippen molar-refractivity contribution in [3.05, 3.63) is 82.6 Å². The van der Waals surface area contributed by atoms with Crippen LogP contribution in [0.3, 0.4) is 0 Å². The van der Waals surface area contributed by atoms with Gasteiger partial charge in [-0.05, 0) is 36.6 Å². The van der Waals surface area contributed by atoms with Crippen molar-refractivity contribution in [2.24, 2.45) is 0 Å². The Labute approximate surface area is 166 Å². The van der Waals surface area contributed by atoms with Crippen molar-refractivity contribution < 1.29 is 14.3 Å². The van der Waals surface area contributed by atoms with Crippen LogP contribution in [0.25, 0.3) is 0 Å². The van der Waals surface area contributed by atoms with Crippen molar-refractivity contribution in [2.75, 3.05) is 4.90 Å². The van der Waals surface area contributed by atoms with E-state index in [4.69, 9.17) is 4.74 Å². The molecule has 1 aromatic heterocycles. The van der Waals surface area contributed by atoms with Crippen LogP contribution < -0.4 is 9.64 Å². The Bertz CT molecular complexity index is 1050. The predicted molar refractivity (Wildman–Crippen MR) is 108 cm³/mol. The van der Waals surface area contributed by atoms with Gasteiger partial charge in [0.2, 0.25) is 0 Å². The summed E-state index contributed by atoms with van der Waals surface area (Å²) in [6.07, 6.45) is 0.502. The number of amides is 3. The number of hydrogen-bond acceptors (Lipinski definition) is 4. The van der Waals surface area contributed by atoms with Crippen molar-refractivity contribution in [1.82, 2.24) is 4.90 Å². The van der Waals surface area contributed by atoms with Crippen LogP contribution in [0.2, 0.25) is 0 Å². The molecule has 0 saturated carbocycles. The molecule has 2 aliphatic rings. The number of nitrogens with zero attached hydrogens (tertiary/aromatic N) is 2. The summed E-state index contributed by atoms with van der Waals surface area (Å²) in [6, 6.07) is 19.9. The number of rotatable bonds is 2. The summed E-state index contributed by atoms with van der Waals surface area (Å²) in [4.78, 5) is 30.5. The van der Waals surface area contributed by atoms with Crippen LogP contribution >= 0.6 is 11.3 Å². The van der Waals surface area contributed by atoms with E-state index in [1.54, 1.807) is 11.0 Å². The maximum absolute atomic E-state index is 13.6. The molecule has 2 aromatic carbocycles. The molecule has 1 fully saturated rings. The Hall–Kier alpha value is -3.12. The molecule has 3 aromatic rings. The number of thiophene rings is 1. The van der Waals surface area contributed by atoms with E-state index < -0.39 is 5.72 Å². The van der Waals surface area contributed by atoms with Crippen molar-refractivity contribution in [3.8, 4) is 5.75 Å². The van der Waals surface area contributed by atoms with E-state index in [1.807, 2.05) is 73.0 Å². The van der Waals surface area contributed by atoms with Crippen LogP contribution in [0.4, 0.5) is 10.5 Å². The summed E-state index contributed by atoms with van der Waals surface area (Å²) in [5, 5.41) is 1.85. The fourth-order valence-electron chi connectivity index (χ4n) is 4.11. The standard InChI is InChI=1S/C22H18N2O3S/c1-22-14-17(16-10-5-6-11-18(16)27-22)23(20(25)19-12-7-13-28-19)21(26)24(22)15-8-3-2-4-9-15/h2-13,17H,14H2,1H3/t17-,22-/m0/s1. The van der Waals surface area contributed by atoms with Crippen molar-refractivity contribution in [3.63, 3.8) is 0 Å². The van der Waals surface area contributed by atoms with Crippen LogP contribution in [0.5, 0.6) is 5.75 Å². The Balaban J connectivity index is 1.69. The third-order valence-corrected chi connectivity index (χ3v) is 6.18. The highest BCUT2D eigenvalue weighted by Crippen LogP contribution is 2.49. The lowest BCUT2D eigenvalue weighted by atomic mass is 9.88. The Kier molecular flexibility index (Phi) is 3.77. The van der Waals surface area contributed by atoms with E-state index in [1.165, 1.54) is 16.2 Å². The SMILES string of the molecule is C[C@@]12C[C@@H](c3ccccc3O1)N(C(=O)c1cccs1)C(=O)N2c1ccccc1. The van der Waals surface area contributed by atoms with Crippen LogP contribution in [0.15, 0.2) is 72.1 Å². The fourth-order valence-corrected chi connectivity index (χ4v) is 4.77. The smallest absolute Gasteiger partial charge is 0.335 e. The second kappa shape index (κ2) is 6.21. The maximum atomic E-state index is 13.6. The zero-order chi connectivity index (χ0) is 19.3. The first-order valence-corrected chi connectivity index (χ1v) is 10.0. The Morgan fingerprint density at radius 1 is 1.07 bits per heavy atom. The monoisotopic (exact) mass is 390 g/mol. The van der Waals surface area contributed by atoms with E-state index in [2.05, 4.69) is 0 Å². The minimum atomic E-state index is -0.871. The summed E-state index contributed by atoms with van der Waals surface area (Å²) in [6.45, 7) is 1.91. The summed E-state index contributed by atoms with van der Waals surface area (Å²) in [5.41, 5.74) is 0.701. The van der Waals surface area contributed by atoms with Gasteiger partial charge < -0.3 is 4.74 Å². The third-order valence-electron chi connectivity index (χ3n) is 5.33. The molecule has 28 heavy (non-hydrogen) atoms. The number of para-hydroxylation sites is 2. The molecule has 2 aliphatic heterocycles. The van der Waals surface area contributed by atoms with Gasteiger partial charge in [0, 0.05) is 17.7 Å². The number of urea groups is 1. The van der Waals surface area contributed by atoms with Gasteiger partial charge in [0.25, 0.3) is 5.91 Å². The van der Waals surface area contributed by atoms with Gasteiger partial charge in [-0.25, -0.2) is 4.79 Å². The zero-order valence-corrected chi connectivity index (χ0v) is 16.1. The second-order valence-corrected chi connectivity index (χ2v) is 8.09. The number of hydrogen-bond donors (Lipinski definition) is 0. The first-order valence-electron chi connectivity index (χ1n) is 9.13. The van der Waals surface area contributed by atoms with Crippen LogP contribution in [0, 0.1) is 0 Å². The molecule has 5 rings (SSSR count). The molecule has 0 unspecified atom stereocenters. The van der Waals surface area contributed by atoms with Gasteiger partial charge in [-0.1, -0.05) is 42.5 Å². The van der Waals surface area contributed by atoms with Gasteiger partial charge in [-0.15, -0.1) is 11.3 Å². The molecule has 0 spiro atoms. The minimum Gasteiger partial charge on any atom is -0.467 e. The number of carbonyl (C=O) groups excluding carboxylic acids is 2. The topological polar surface area (TPSA) is 49.9 Å². The number of fused-ring (bicyclic) bond motifs is 4. The molecule has 140 valence electrons.